The molecule has 5 N–H and O–H groups in total. The van der Waals surface area contributed by atoms with Crippen LogP contribution >= 0.6 is 0 Å². The van der Waals surface area contributed by atoms with Gasteiger partial charge >= 0.3 is 0 Å². The Kier molecular flexibility index (Phi) is 4.31. The molecule has 7 nitrogen and oxygen atoms in total. The Morgan fingerprint density at radius 2 is 1.85 bits per heavy atom. The zero-order chi connectivity index (χ0) is 19.1. The van der Waals surface area contributed by atoms with Crippen molar-refractivity contribution in [3.63, 3.8) is 0 Å². The van der Waals surface area contributed by atoms with E-state index in [1.165, 1.54) is 36.4 Å². The first-order valence-corrected chi connectivity index (χ1v) is 9.02. The van der Waals surface area contributed by atoms with Gasteiger partial charge in [-0.25, -0.2) is 0 Å². The van der Waals surface area contributed by atoms with E-state index in [9.17, 15) is 22.9 Å². The van der Waals surface area contributed by atoms with Crippen LogP contribution < -0.4 is 11.1 Å². The maximum Gasteiger partial charge on any atom is 0.295 e. The molecule has 0 aliphatic rings. The number of carbonyl (C=O) groups excluding carboxylic acids is 1. The van der Waals surface area contributed by atoms with Gasteiger partial charge in [-0.05, 0) is 42.8 Å². The smallest absolute Gasteiger partial charge is 0.295 e. The van der Waals surface area contributed by atoms with Crippen molar-refractivity contribution in [2.24, 2.45) is 0 Å². The van der Waals surface area contributed by atoms with Gasteiger partial charge in [0.05, 0.1) is 5.69 Å². The average molecular weight is 372 g/mol. The molecule has 134 valence electrons. The second-order valence-corrected chi connectivity index (χ2v) is 7.20. The number of rotatable bonds is 3. The van der Waals surface area contributed by atoms with Gasteiger partial charge in [-0.2, -0.15) is 8.42 Å². The molecule has 0 heterocycles. The first kappa shape index (κ1) is 17.7. The number of aryl methyl sites for hydroxylation is 1. The summed E-state index contributed by atoms with van der Waals surface area (Å²) >= 11 is 0. The Balaban J connectivity index is 2.15. The maximum absolute atomic E-state index is 12.5. The third-order valence-corrected chi connectivity index (χ3v) is 4.94. The molecule has 0 spiro atoms. The Labute approximate surface area is 149 Å². The fraction of sp³-hybridized carbons (Fsp3) is 0.0556. The number of nitrogen functional groups attached to an aromatic ring is 1. The minimum atomic E-state index is -4.56. The first-order valence-electron chi connectivity index (χ1n) is 7.58. The van der Waals surface area contributed by atoms with Gasteiger partial charge in [-0.1, -0.05) is 18.2 Å². The molecule has 8 heteroatoms. The number of carbonyl (C=O) groups is 1. The van der Waals surface area contributed by atoms with E-state index in [0.29, 0.717) is 11.3 Å². The quantitative estimate of drug-likeness (QED) is 0.318. The van der Waals surface area contributed by atoms with Crippen molar-refractivity contribution >= 4 is 38.2 Å². The van der Waals surface area contributed by atoms with E-state index in [1.54, 1.807) is 12.1 Å². The SMILES string of the molecule is Cc1ccc(C(=O)Nc2ccc(O)c3cccc(S(=O)(=O)O)c23)cc1N. The van der Waals surface area contributed by atoms with Crippen molar-refractivity contribution in [3.05, 3.63) is 59.7 Å². The predicted molar refractivity (Wildman–Crippen MR) is 99.0 cm³/mol. The lowest BCUT2D eigenvalue weighted by Crippen LogP contribution is -2.13. The van der Waals surface area contributed by atoms with Gasteiger partial charge in [0.2, 0.25) is 0 Å². The summed E-state index contributed by atoms with van der Waals surface area (Å²) in [6.07, 6.45) is 0. The maximum atomic E-state index is 12.5. The average Bonchev–Trinajstić information content (AvgIpc) is 2.58. The molecule has 0 fully saturated rings. The van der Waals surface area contributed by atoms with Gasteiger partial charge in [-0.15, -0.1) is 0 Å². The van der Waals surface area contributed by atoms with Gasteiger partial charge < -0.3 is 16.2 Å². The molecule has 0 radical (unpaired) electrons. The molecule has 1 amide bonds. The second kappa shape index (κ2) is 6.32. The van der Waals surface area contributed by atoms with Gasteiger partial charge in [0, 0.05) is 22.0 Å². The van der Waals surface area contributed by atoms with Crippen molar-refractivity contribution in [3.8, 4) is 5.75 Å². The standard InChI is InChI=1S/C18H16N2O5S/c1-10-5-6-11(9-13(10)19)18(22)20-14-7-8-15(21)12-3-2-4-16(17(12)14)26(23,24)25/h2-9,21H,19H2,1H3,(H,20,22)(H,23,24,25). The van der Waals surface area contributed by atoms with Gasteiger partial charge in [-0.3, -0.25) is 9.35 Å². The van der Waals surface area contributed by atoms with E-state index < -0.39 is 20.9 Å². The van der Waals surface area contributed by atoms with Gasteiger partial charge in [0.1, 0.15) is 10.6 Å². The van der Waals surface area contributed by atoms with Crippen LogP contribution in [-0.2, 0) is 10.1 Å². The van der Waals surface area contributed by atoms with Crippen LogP contribution in [0.3, 0.4) is 0 Å². The van der Waals surface area contributed by atoms with Crippen LogP contribution in [0.2, 0.25) is 0 Å². The van der Waals surface area contributed by atoms with Gasteiger partial charge in [0.25, 0.3) is 16.0 Å². The largest absolute Gasteiger partial charge is 0.507 e. The van der Waals surface area contributed by atoms with E-state index in [0.717, 1.165) is 5.56 Å². The fourth-order valence-corrected chi connectivity index (χ4v) is 3.38. The normalized spacial score (nSPS) is 11.5. The first-order chi connectivity index (χ1) is 12.2. The van der Waals surface area contributed by atoms with E-state index in [1.807, 2.05) is 6.92 Å². The number of benzene rings is 3. The highest BCUT2D eigenvalue weighted by molar-refractivity contribution is 7.86. The van der Waals surface area contributed by atoms with Crippen LogP contribution in [0.15, 0.2) is 53.4 Å². The number of hydrogen-bond acceptors (Lipinski definition) is 5. The van der Waals surface area contributed by atoms with Crippen molar-refractivity contribution in [2.75, 3.05) is 11.1 Å². The van der Waals surface area contributed by atoms with Crippen LogP contribution in [0.5, 0.6) is 5.75 Å². The highest BCUT2D eigenvalue weighted by Gasteiger charge is 2.19. The molecule has 0 bridgehead atoms. The summed E-state index contributed by atoms with van der Waals surface area (Å²) in [5, 5.41) is 12.8. The number of anilines is 2. The zero-order valence-electron chi connectivity index (χ0n) is 13.7. The summed E-state index contributed by atoms with van der Waals surface area (Å²) in [4.78, 5) is 12.1. The van der Waals surface area contributed by atoms with E-state index in [2.05, 4.69) is 5.32 Å². The van der Waals surface area contributed by atoms with Crippen LogP contribution in [0.4, 0.5) is 11.4 Å². The Morgan fingerprint density at radius 3 is 2.50 bits per heavy atom. The molecular weight excluding hydrogens is 356 g/mol. The Hall–Kier alpha value is -3.10. The summed E-state index contributed by atoms with van der Waals surface area (Å²) in [6, 6.07) is 11.6. The lowest BCUT2D eigenvalue weighted by atomic mass is 10.1. The van der Waals surface area contributed by atoms with Crippen molar-refractivity contribution < 1.29 is 22.9 Å². The molecule has 3 aromatic rings. The molecule has 0 unspecified atom stereocenters. The molecule has 0 aromatic heterocycles. The molecule has 0 atom stereocenters. The van der Waals surface area contributed by atoms with E-state index in [-0.39, 0.29) is 22.2 Å². The molecular formula is C18H16N2O5S. The number of phenolic OH excluding ortho intramolecular Hbond substituents is 1. The molecule has 3 rings (SSSR count). The number of phenols is 1. The van der Waals surface area contributed by atoms with Crippen molar-refractivity contribution in [1.29, 1.82) is 0 Å². The minimum Gasteiger partial charge on any atom is -0.507 e. The molecule has 0 aliphatic heterocycles. The summed E-state index contributed by atoms with van der Waals surface area (Å²) in [5.41, 5.74) is 7.52. The fourth-order valence-electron chi connectivity index (χ4n) is 2.65. The topological polar surface area (TPSA) is 130 Å². The number of fused-ring (bicyclic) bond motifs is 1. The summed E-state index contributed by atoms with van der Waals surface area (Å²) in [5.74, 6) is -0.683. The van der Waals surface area contributed by atoms with Crippen LogP contribution in [-0.4, -0.2) is 24.0 Å². The predicted octanol–water partition coefficient (Wildman–Crippen LogP) is 2.94. The highest BCUT2D eigenvalue weighted by Crippen LogP contribution is 2.35. The number of hydrogen-bond donors (Lipinski definition) is 4. The monoisotopic (exact) mass is 372 g/mol. The molecule has 0 saturated heterocycles. The lowest BCUT2D eigenvalue weighted by Gasteiger charge is -2.13. The number of nitrogens with one attached hydrogen (secondary N) is 1. The van der Waals surface area contributed by atoms with Crippen LogP contribution in [0, 0.1) is 6.92 Å². The molecule has 0 saturated carbocycles. The van der Waals surface area contributed by atoms with Crippen molar-refractivity contribution in [1.82, 2.24) is 0 Å². The molecule has 0 aliphatic carbocycles. The molecule has 3 aromatic carbocycles. The van der Waals surface area contributed by atoms with E-state index in [4.69, 9.17) is 5.73 Å². The number of aromatic hydroxyl groups is 1. The summed E-state index contributed by atoms with van der Waals surface area (Å²) in [7, 11) is -4.56. The third-order valence-electron chi connectivity index (χ3n) is 4.05. The van der Waals surface area contributed by atoms with Crippen LogP contribution in [0.1, 0.15) is 15.9 Å². The second-order valence-electron chi connectivity index (χ2n) is 5.81. The summed E-state index contributed by atoms with van der Waals surface area (Å²) < 4.78 is 32.9. The number of amides is 1. The van der Waals surface area contributed by atoms with E-state index >= 15 is 0 Å². The lowest BCUT2D eigenvalue weighted by molar-refractivity contribution is 0.102. The highest BCUT2D eigenvalue weighted by atomic mass is 32.2. The van der Waals surface area contributed by atoms with Crippen molar-refractivity contribution in [2.45, 2.75) is 11.8 Å². The third kappa shape index (κ3) is 3.19. The van der Waals surface area contributed by atoms with Gasteiger partial charge in [0.15, 0.2) is 0 Å². The zero-order valence-corrected chi connectivity index (χ0v) is 14.5. The number of nitrogens with two attached hydrogens (primary N) is 1. The Bertz CT molecular complexity index is 1140. The minimum absolute atomic E-state index is 0.0171. The Morgan fingerprint density at radius 1 is 1.12 bits per heavy atom. The summed E-state index contributed by atoms with van der Waals surface area (Å²) in [6.45, 7) is 1.81. The van der Waals surface area contributed by atoms with Crippen LogP contribution in [0.25, 0.3) is 10.8 Å². The molecule has 26 heavy (non-hydrogen) atoms.